The van der Waals surface area contributed by atoms with Crippen molar-refractivity contribution in [3.63, 3.8) is 0 Å². The van der Waals surface area contributed by atoms with E-state index in [4.69, 9.17) is 11.6 Å². The molecule has 0 aliphatic carbocycles. The molecular weight excluding hydrogens is 208 g/mol. The van der Waals surface area contributed by atoms with E-state index in [0.717, 1.165) is 0 Å². The normalized spacial score (nSPS) is 10.4. The number of phenolic OH excluding ortho intramolecular Hbond substituents is 1. The maximum Gasteiger partial charge on any atom is 0.439 e. The molecule has 0 saturated carbocycles. The Hall–Kier alpha value is -1.75. The van der Waals surface area contributed by atoms with Crippen molar-refractivity contribution in [1.29, 1.82) is 0 Å². The Morgan fingerprint density at radius 1 is 1.43 bits per heavy atom. The third-order valence-corrected chi connectivity index (χ3v) is 1.81. The molecule has 72 valence electrons. The Bertz CT molecular complexity index is 497. The van der Waals surface area contributed by atoms with E-state index in [-0.39, 0.29) is 11.6 Å². The van der Waals surface area contributed by atoms with Crippen LogP contribution in [0.3, 0.4) is 0 Å². The van der Waals surface area contributed by atoms with Crippen LogP contribution in [0.5, 0.6) is 5.75 Å². The average molecular weight is 213 g/mol. The lowest BCUT2D eigenvalue weighted by molar-refractivity contribution is 0.388. The van der Waals surface area contributed by atoms with Gasteiger partial charge in [0.15, 0.2) is 5.82 Å². The van der Waals surface area contributed by atoms with Gasteiger partial charge in [0.25, 0.3) is 0 Å². The van der Waals surface area contributed by atoms with Gasteiger partial charge in [-0.2, -0.15) is 0 Å². The average Bonchev–Trinajstić information content (AvgIpc) is 2.50. The van der Waals surface area contributed by atoms with Crippen LogP contribution >= 0.6 is 11.6 Å². The molecule has 1 heterocycles. The van der Waals surface area contributed by atoms with Gasteiger partial charge in [0.2, 0.25) is 0 Å². The Morgan fingerprint density at radius 3 is 2.79 bits per heavy atom. The number of benzene rings is 1. The van der Waals surface area contributed by atoms with Gasteiger partial charge in [-0.05, 0) is 18.2 Å². The van der Waals surface area contributed by atoms with Crippen LogP contribution in [0.15, 0.2) is 27.5 Å². The molecule has 0 unspecified atom stereocenters. The first-order valence-corrected chi connectivity index (χ1v) is 4.09. The number of halogens is 1. The van der Waals surface area contributed by atoms with Gasteiger partial charge in [-0.25, -0.2) is 4.79 Å². The third-order valence-electron chi connectivity index (χ3n) is 1.60. The maximum atomic E-state index is 10.7. The highest BCUT2D eigenvalue weighted by Crippen LogP contribution is 2.24. The first-order valence-electron chi connectivity index (χ1n) is 3.71. The van der Waals surface area contributed by atoms with E-state index < -0.39 is 5.76 Å². The van der Waals surface area contributed by atoms with Crippen molar-refractivity contribution in [2.45, 2.75) is 0 Å². The summed E-state index contributed by atoms with van der Waals surface area (Å²) in [6, 6.07) is 4.35. The molecule has 1 aromatic heterocycles. The van der Waals surface area contributed by atoms with Gasteiger partial charge in [-0.1, -0.05) is 16.8 Å². The molecule has 1 aromatic carbocycles. The number of H-pyrrole nitrogens is 1. The number of hydrogen-bond donors (Lipinski definition) is 2. The zero-order chi connectivity index (χ0) is 10.1. The zero-order valence-corrected chi connectivity index (χ0v) is 7.58. The molecule has 0 atom stereocenters. The summed E-state index contributed by atoms with van der Waals surface area (Å²) in [7, 11) is 0. The molecule has 0 aliphatic rings. The van der Waals surface area contributed by atoms with Crippen LogP contribution in [-0.4, -0.2) is 15.2 Å². The van der Waals surface area contributed by atoms with Gasteiger partial charge in [0, 0.05) is 10.6 Å². The second-order valence-corrected chi connectivity index (χ2v) is 3.08. The second kappa shape index (κ2) is 3.19. The summed E-state index contributed by atoms with van der Waals surface area (Å²) < 4.78 is 4.31. The fourth-order valence-electron chi connectivity index (χ4n) is 1.07. The molecule has 6 heteroatoms. The molecule has 5 nitrogen and oxygen atoms in total. The number of aromatic amines is 1. The minimum absolute atomic E-state index is 0.00338. The van der Waals surface area contributed by atoms with E-state index >= 15 is 0 Å². The summed E-state index contributed by atoms with van der Waals surface area (Å²) in [5, 5.41) is 13.0. The van der Waals surface area contributed by atoms with Crippen molar-refractivity contribution in [3.8, 4) is 17.1 Å². The lowest BCUT2D eigenvalue weighted by Gasteiger charge is -1.97. The van der Waals surface area contributed by atoms with Crippen LogP contribution in [0.2, 0.25) is 5.02 Å². The number of nitrogens with zero attached hydrogens (tertiary/aromatic N) is 1. The number of aromatic nitrogens is 2. The smallest absolute Gasteiger partial charge is 0.439 e. The predicted octanol–water partition coefficient (Wildman–Crippen LogP) is 1.39. The minimum Gasteiger partial charge on any atom is -0.508 e. The number of hydrogen-bond acceptors (Lipinski definition) is 4. The van der Waals surface area contributed by atoms with Crippen LogP contribution in [-0.2, 0) is 0 Å². The number of aromatic hydroxyl groups is 1. The van der Waals surface area contributed by atoms with Gasteiger partial charge in [-0.3, -0.25) is 9.51 Å². The summed E-state index contributed by atoms with van der Waals surface area (Å²) >= 11 is 5.70. The predicted molar refractivity (Wildman–Crippen MR) is 49.2 cm³/mol. The molecular formula is C8H5ClN2O3. The van der Waals surface area contributed by atoms with E-state index in [1.807, 2.05) is 0 Å². The van der Waals surface area contributed by atoms with Gasteiger partial charge in [-0.15, -0.1) is 0 Å². The molecule has 2 aromatic rings. The SMILES string of the molecule is O=c1[nH]c(-c2cc(O)cc(Cl)c2)no1. The Labute approximate surface area is 82.9 Å². The summed E-state index contributed by atoms with van der Waals surface area (Å²) in [5.41, 5.74) is 0.487. The molecule has 2 rings (SSSR count). The van der Waals surface area contributed by atoms with Crippen LogP contribution in [0, 0.1) is 0 Å². The van der Waals surface area contributed by atoms with Crippen molar-refractivity contribution in [2.24, 2.45) is 0 Å². The van der Waals surface area contributed by atoms with E-state index in [2.05, 4.69) is 14.7 Å². The molecule has 0 aliphatic heterocycles. The summed E-state index contributed by atoms with van der Waals surface area (Å²) in [5.74, 6) is -0.427. The molecule has 0 saturated heterocycles. The van der Waals surface area contributed by atoms with Crippen molar-refractivity contribution in [3.05, 3.63) is 33.8 Å². The largest absolute Gasteiger partial charge is 0.508 e. The topological polar surface area (TPSA) is 79.1 Å². The minimum atomic E-state index is -0.653. The number of rotatable bonds is 1. The van der Waals surface area contributed by atoms with E-state index in [1.54, 1.807) is 6.07 Å². The Morgan fingerprint density at radius 2 is 2.21 bits per heavy atom. The lowest BCUT2D eigenvalue weighted by Crippen LogP contribution is -1.94. The van der Waals surface area contributed by atoms with Gasteiger partial charge in [0.05, 0.1) is 0 Å². The fourth-order valence-corrected chi connectivity index (χ4v) is 1.29. The number of phenols is 1. The third kappa shape index (κ3) is 1.62. The molecule has 0 spiro atoms. The second-order valence-electron chi connectivity index (χ2n) is 2.64. The molecule has 0 bridgehead atoms. The van der Waals surface area contributed by atoms with Crippen LogP contribution < -0.4 is 5.76 Å². The van der Waals surface area contributed by atoms with Crippen molar-refractivity contribution < 1.29 is 9.63 Å². The first kappa shape index (κ1) is 8.83. The maximum absolute atomic E-state index is 10.7. The van der Waals surface area contributed by atoms with Crippen LogP contribution in [0.25, 0.3) is 11.4 Å². The number of nitrogens with one attached hydrogen (secondary N) is 1. The first-order chi connectivity index (χ1) is 6.65. The monoisotopic (exact) mass is 212 g/mol. The quantitative estimate of drug-likeness (QED) is 0.749. The van der Waals surface area contributed by atoms with Gasteiger partial charge < -0.3 is 5.11 Å². The zero-order valence-electron chi connectivity index (χ0n) is 6.82. The molecule has 14 heavy (non-hydrogen) atoms. The fraction of sp³-hybridized carbons (Fsp3) is 0. The highest BCUT2D eigenvalue weighted by molar-refractivity contribution is 6.31. The Kier molecular flexibility index (Phi) is 2.01. The van der Waals surface area contributed by atoms with Gasteiger partial charge >= 0.3 is 5.76 Å². The highest BCUT2D eigenvalue weighted by atomic mass is 35.5. The van der Waals surface area contributed by atoms with E-state index in [9.17, 15) is 9.90 Å². The molecule has 2 N–H and O–H groups in total. The van der Waals surface area contributed by atoms with E-state index in [1.165, 1.54) is 12.1 Å². The van der Waals surface area contributed by atoms with Crippen LogP contribution in [0.1, 0.15) is 0 Å². The van der Waals surface area contributed by atoms with Gasteiger partial charge in [0.1, 0.15) is 5.75 Å². The van der Waals surface area contributed by atoms with E-state index in [0.29, 0.717) is 10.6 Å². The van der Waals surface area contributed by atoms with Crippen molar-refractivity contribution >= 4 is 11.6 Å². The highest BCUT2D eigenvalue weighted by Gasteiger charge is 2.06. The molecule has 0 fully saturated rings. The molecule has 0 radical (unpaired) electrons. The molecule has 0 amide bonds. The standard InChI is InChI=1S/C8H5ClN2O3/c9-5-1-4(2-6(12)3-5)7-10-8(13)14-11-7/h1-3,12H,(H,10,11,13). The van der Waals surface area contributed by atoms with Crippen LogP contribution in [0.4, 0.5) is 0 Å². The van der Waals surface area contributed by atoms with Crippen molar-refractivity contribution in [1.82, 2.24) is 10.1 Å². The summed E-state index contributed by atoms with van der Waals surface area (Å²) in [6.07, 6.45) is 0. The lowest BCUT2D eigenvalue weighted by atomic mass is 10.2. The Balaban J connectivity index is 2.56. The summed E-state index contributed by atoms with van der Waals surface area (Å²) in [4.78, 5) is 13.0. The summed E-state index contributed by atoms with van der Waals surface area (Å²) in [6.45, 7) is 0. The van der Waals surface area contributed by atoms with Crippen molar-refractivity contribution in [2.75, 3.05) is 0 Å².